The fraction of sp³-hybridized carbons (Fsp3) is 0.655. The number of thiazole rings is 1. The predicted octanol–water partition coefficient (Wildman–Crippen LogP) is 3.40. The highest BCUT2D eigenvalue weighted by atomic mass is 32.2. The predicted molar refractivity (Wildman–Crippen MR) is 170 cm³/mol. The molecule has 0 fully saturated rings. The van der Waals surface area contributed by atoms with E-state index in [4.69, 9.17) is 9.15 Å². The quantitative estimate of drug-likeness (QED) is 0.169. The molecule has 5 atom stereocenters. The topological polar surface area (TPSA) is 185 Å². The lowest BCUT2D eigenvalue weighted by Crippen LogP contribution is -2.54. The molecule has 0 saturated carbocycles. The van der Waals surface area contributed by atoms with E-state index in [2.05, 4.69) is 31.2 Å². The van der Waals surface area contributed by atoms with Gasteiger partial charge < -0.3 is 35.5 Å². The standard InChI is InChI=1S/C29H46N6O7S2/c1-15(2)11-20(32-26(38)22(14-43-8)33-29(40)41-13-21-18(6)42-19(7)31-21)23(36)12-17(5)25(37)34-24(16(3)4)27(39)35-28-30-9-10-44-28/h9-10,15-17,20,22-24,36H,11-14H2,1-8H3,(H,32,38)(H,33,40)(H,34,37)(H,30,35,39)/t17-,20+,22+,23+,24+/m1/s1. The van der Waals surface area contributed by atoms with E-state index in [-0.39, 0.29) is 36.5 Å². The van der Waals surface area contributed by atoms with Gasteiger partial charge in [0.25, 0.3) is 0 Å². The molecular weight excluding hydrogens is 608 g/mol. The van der Waals surface area contributed by atoms with Crippen molar-refractivity contribution < 1.29 is 33.4 Å². The van der Waals surface area contributed by atoms with Gasteiger partial charge in [0.15, 0.2) is 11.0 Å². The molecule has 0 aliphatic carbocycles. The second-order valence-corrected chi connectivity index (χ2v) is 13.3. The van der Waals surface area contributed by atoms with E-state index in [1.165, 1.54) is 23.1 Å². The summed E-state index contributed by atoms with van der Waals surface area (Å²) in [6.07, 6.45) is 2.01. The van der Waals surface area contributed by atoms with E-state index < -0.39 is 48.1 Å². The number of aliphatic hydroxyl groups excluding tert-OH is 1. The van der Waals surface area contributed by atoms with Crippen LogP contribution in [0.1, 0.15) is 64.8 Å². The van der Waals surface area contributed by atoms with Crippen LogP contribution >= 0.6 is 23.1 Å². The number of aryl methyl sites for hydroxylation is 2. The Morgan fingerprint density at radius 2 is 1.73 bits per heavy atom. The van der Waals surface area contributed by atoms with Crippen molar-refractivity contribution in [2.24, 2.45) is 17.8 Å². The van der Waals surface area contributed by atoms with Crippen molar-refractivity contribution in [3.05, 3.63) is 28.9 Å². The Morgan fingerprint density at radius 1 is 1.02 bits per heavy atom. The van der Waals surface area contributed by atoms with Gasteiger partial charge in [0.2, 0.25) is 17.7 Å². The molecule has 15 heteroatoms. The summed E-state index contributed by atoms with van der Waals surface area (Å²) in [5, 5.41) is 24.3. The molecule has 4 amide bonds. The Kier molecular flexibility index (Phi) is 15.1. The Balaban J connectivity index is 2.00. The van der Waals surface area contributed by atoms with Crippen LogP contribution in [0.5, 0.6) is 0 Å². The number of aromatic nitrogens is 2. The molecule has 0 bridgehead atoms. The zero-order valence-corrected chi connectivity index (χ0v) is 28.3. The maximum atomic E-state index is 13.3. The van der Waals surface area contributed by atoms with Crippen LogP contribution in [0.15, 0.2) is 16.0 Å². The fourth-order valence-electron chi connectivity index (χ4n) is 4.41. The largest absolute Gasteiger partial charge is 0.446 e. The lowest BCUT2D eigenvalue weighted by Gasteiger charge is -2.30. The van der Waals surface area contributed by atoms with Gasteiger partial charge >= 0.3 is 6.09 Å². The first-order valence-corrected chi connectivity index (χ1v) is 16.8. The summed E-state index contributed by atoms with van der Waals surface area (Å²) in [5.41, 5.74) is 0.488. The third kappa shape index (κ3) is 12.1. The molecule has 2 aromatic heterocycles. The van der Waals surface area contributed by atoms with E-state index in [1.807, 2.05) is 27.7 Å². The molecule has 44 heavy (non-hydrogen) atoms. The average molecular weight is 655 g/mol. The molecule has 2 heterocycles. The summed E-state index contributed by atoms with van der Waals surface area (Å²) < 4.78 is 10.6. The average Bonchev–Trinajstić information content (AvgIpc) is 3.57. The van der Waals surface area contributed by atoms with Crippen LogP contribution in [0.2, 0.25) is 0 Å². The number of thioether (sulfide) groups is 1. The van der Waals surface area contributed by atoms with E-state index >= 15 is 0 Å². The molecule has 0 aliphatic rings. The van der Waals surface area contributed by atoms with Gasteiger partial charge in [0.1, 0.15) is 30.1 Å². The number of hydrogen-bond donors (Lipinski definition) is 5. The Hall–Kier alpha value is -3.17. The first kappa shape index (κ1) is 37.0. The van der Waals surface area contributed by atoms with Gasteiger partial charge in [0, 0.05) is 30.2 Å². The van der Waals surface area contributed by atoms with E-state index in [9.17, 15) is 24.3 Å². The number of oxazole rings is 1. The van der Waals surface area contributed by atoms with Crippen LogP contribution in [0.3, 0.4) is 0 Å². The molecule has 0 saturated heterocycles. The van der Waals surface area contributed by atoms with Gasteiger partial charge in [-0.25, -0.2) is 14.8 Å². The highest BCUT2D eigenvalue weighted by Crippen LogP contribution is 2.18. The number of rotatable bonds is 17. The van der Waals surface area contributed by atoms with Crippen molar-refractivity contribution in [3.63, 3.8) is 0 Å². The molecule has 246 valence electrons. The van der Waals surface area contributed by atoms with Crippen molar-refractivity contribution in [2.45, 2.75) is 92.1 Å². The minimum Gasteiger partial charge on any atom is -0.446 e. The van der Waals surface area contributed by atoms with Gasteiger partial charge in [-0.3, -0.25) is 14.4 Å². The summed E-state index contributed by atoms with van der Waals surface area (Å²) in [4.78, 5) is 59.9. The van der Waals surface area contributed by atoms with Crippen molar-refractivity contribution in [3.8, 4) is 0 Å². The molecule has 0 aliphatic heterocycles. The molecule has 2 rings (SSSR count). The SMILES string of the molecule is CSC[C@H](NC(=O)OCc1nc(C)oc1C)C(=O)N[C@@H](CC(C)C)[C@@H](O)C[C@@H](C)C(=O)N[C@H](C(=O)Nc1nccs1)C(C)C. The lowest BCUT2D eigenvalue weighted by atomic mass is 9.92. The molecule has 0 aromatic carbocycles. The summed E-state index contributed by atoms with van der Waals surface area (Å²) in [6.45, 7) is 12.5. The normalized spacial score (nSPS) is 14.8. The number of carbonyl (C=O) groups excluding carboxylic acids is 4. The third-order valence-electron chi connectivity index (χ3n) is 6.75. The first-order valence-electron chi connectivity index (χ1n) is 14.6. The second kappa shape index (κ2) is 18.0. The van der Waals surface area contributed by atoms with Crippen molar-refractivity contribution in [1.29, 1.82) is 0 Å². The van der Waals surface area contributed by atoms with E-state index in [1.54, 1.807) is 38.6 Å². The summed E-state index contributed by atoms with van der Waals surface area (Å²) in [6, 6.07) is -2.41. The van der Waals surface area contributed by atoms with E-state index in [0.717, 1.165) is 0 Å². The van der Waals surface area contributed by atoms with Crippen LogP contribution in [0.25, 0.3) is 0 Å². The Bertz CT molecular complexity index is 1220. The van der Waals surface area contributed by atoms with Crippen molar-refractivity contribution >= 4 is 52.0 Å². The number of ether oxygens (including phenoxy) is 1. The van der Waals surface area contributed by atoms with Crippen LogP contribution in [-0.4, -0.2) is 75.1 Å². The number of carbonyl (C=O) groups is 4. The van der Waals surface area contributed by atoms with Crippen molar-refractivity contribution in [1.82, 2.24) is 25.9 Å². The van der Waals surface area contributed by atoms with Gasteiger partial charge in [-0.05, 0) is 37.9 Å². The number of nitrogens with one attached hydrogen (secondary N) is 4. The number of nitrogens with zero attached hydrogens (tertiary/aromatic N) is 2. The second-order valence-electron chi connectivity index (χ2n) is 11.5. The monoisotopic (exact) mass is 654 g/mol. The van der Waals surface area contributed by atoms with Gasteiger partial charge in [-0.2, -0.15) is 11.8 Å². The number of hydrogen-bond acceptors (Lipinski definition) is 11. The van der Waals surface area contributed by atoms with Gasteiger partial charge in [-0.1, -0.05) is 34.6 Å². The zero-order chi connectivity index (χ0) is 33.0. The summed E-state index contributed by atoms with van der Waals surface area (Å²) >= 11 is 2.64. The van der Waals surface area contributed by atoms with Gasteiger partial charge in [0.05, 0.1) is 12.1 Å². The fourth-order valence-corrected chi connectivity index (χ4v) is 5.51. The molecule has 13 nitrogen and oxygen atoms in total. The first-order chi connectivity index (χ1) is 20.7. The van der Waals surface area contributed by atoms with E-state index in [0.29, 0.717) is 28.9 Å². The number of aliphatic hydroxyl groups is 1. The maximum Gasteiger partial charge on any atom is 0.408 e. The molecule has 0 radical (unpaired) electrons. The number of alkyl carbamates (subject to hydrolysis) is 1. The minimum absolute atomic E-state index is 0.0432. The minimum atomic E-state index is -1.07. The molecule has 5 N–H and O–H groups in total. The molecule has 2 aromatic rings. The van der Waals surface area contributed by atoms with Gasteiger partial charge in [-0.15, -0.1) is 11.3 Å². The smallest absolute Gasteiger partial charge is 0.408 e. The van der Waals surface area contributed by atoms with Crippen LogP contribution in [-0.2, 0) is 25.7 Å². The van der Waals surface area contributed by atoms with Crippen molar-refractivity contribution in [2.75, 3.05) is 17.3 Å². The number of amides is 4. The summed E-state index contributed by atoms with van der Waals surface area (Å²) in [5.74, 6) is -0.723. The molecule has 0 unspecified atom stereocenters. The summed E-state index contributed by atoms with van der Waals surface area (Å²) in [7, 11) is 0. The van der Waals surface area contributed by atoms with Crippen LogP contribution < -0.4 is 21.3 Å². The Morgan fingerprint density at radius 3 is 2.27 bits per heavy atom. The zero-order valence-electron chi connectivity index (χ0n) is 26.6. The highest BCUT2D eigenvalue weighted by Gasteiger charge is 2.32. The highest BCUT2D eigenvalue weighted by molar-refractivity contribution is 7.98. The Labute approximate surface area is 267 Å². The van der Waals surface area contributed by atoms with Crippen LogP contribution in [0.4, 0.5) is 9.93 Å². The molecule has 0 spiro atoms. The number of anilines is 1. The maximum absolute atomic E-state index is 13.3. The van der Waals surface area contributed by atoms with Crippen LogP contribution in [0, 0.1) is 31.6 Å². The third-order valence-corrected chi connectivity index (χ3v) is 8.11. The lowest BCUT2D eigenvalue weighted by molar-refractivity contribution is -0.130. The molecular formula is C29H46N6O7S2.